The van der Waals surface area contributed by atoms with Crippen LogP contribution in [-0.4, -0.2) is 20.2 Å². The minimum atomic E-state index is 0.769. The van der Waals surface area contributed by atoms with E-state index in [4.69, 9.17) is 0 Å². The van der Waals surface area contributed by atoms with Crippen molar-refractivity contribution in [1.29, 1.82) is 0 Å². The molecule has 4 nitrogen and oxygen atoms in total. The molecule has 0 aliphatic carbocycles. The van der Waals surface area contributed by atoms with E-state index in [1.165, 1.54) is 0 Å². The van der Waals surface area contributed by atoms with Crippen molar-refractivity contribution in [3.05, 3.63) is 59.9 Å². The summed E-state index contributed by atoms with van der Waals surface area (Å²) in [5.74, 6) is 0. The van der Waals surface area contributed by atoms with Gasteiger partial charge in [-0.3, -0.25) is 9.97 Å². The molecule has 0 N–H and O–H groups in total. The van der Waals surface area contributed by atoms with E-state index >= 15 is 0 Å². The normalized spacial score (nSPS) is 9.86. The van der Waals surface area contributed by atoms with Crippen LogP contribution in [0.25, 0.3) is 22.8 Å². The SMILES string of the molecule is Cc1cccc(-c2ccc(-c3cccc(C)n3)nn2)n1.[Cl][Cu]. The van der Waals surface area contributed by atoms with Gasteiger partial charge in [0.2, 0.25) is 0 Å². The number of nitrogens with zero attached hydrogens (tertiary/aromatic N) is 4. The molecule has 0 saturated heterocycles. The molecule has 3 heterocycles. The van der Waals surface area contributed by atoms with Gasteiger partial charge in [0.25, 0.3) is 0 Å². The van der Waals surface area contributed by atoms with Gasteiger partial charge in [-0.1, -0.05) is 12.1 Å². The van der Waals surface area contributed by atoms with E-state index in [1.54, 1.807) is 0 Å². The molecule has 0 atom stereocenters. The summed E-state index contributed by atoms with van der Waals surface area (Å²) in [6.45, 7) is 3.92. The molecule has 0 unspecified atom stereocenters. The van der Waals surface area contributed by atoms with E-state index in [-0.39, 0.29) is 0 Å². The number of aryl methyl sites for hydroxylation is 2. The summed E-state index contributed by atoms with van der Waals surface area (Å²) in [4.78, 5) is 8.88. The Morgan fingerprint density at radius 2 is 1.05 bits per heavy atom. The van der Waals surface area contributed by atoms with E-state index in [9.17, 15) is 0 Å². The van der Waals surface area contributed by atoms with Gasteiger partial charge in [0.05, 0.1) is 11.4 Å². The number of rotatable bonds is 2. The monoisotopic (exact) mass is 360 g/mol. The van der Waals surface area contributed by atoms with E-state index in [1.807, 2.05) is 62.4 Å². The van der Waals surface area contributed by atoms with Crippen molar-refractivity contribution in [2.45, 2.75) is 13.8 Å². The Hall–Kier alpha value is -1.81. The van der Waals surface area contributed by atoms with Crippen LogP contribution >= 0.6 is 10.1 Å². The van der Waals surface area contributed by atoms with Crippen molar-refractivity contribution in [3.8, 4) is 22.8 Å². The Kier molecular flexibility index (Phi) is 6.01. The molecule has 0 radical (unpaired) electrons. The molecule has 0 fully saturated rings. The maximum absolute atomic E-state index is 4.44. The fourth-order valence-corrected chi connectivity index (χ4v) is 1.98. The van der Waals surface area contributed by atoms with Gasteiger partial charge in [0.1, 0.15) is 11.4 Å². The molecular formula is C16H14ClCuN4. The number of pyridine rings is 2. The van der Waals surface area contributed by atoms with E-state index in [2.05, 4.69) is 45.4 Å². The third kappa shape index (κ3) is 4.10. The van der Waals surface area contributed by atoms with Crippen molar-refractivity contribution in [2.24, 2.45) is 0 Å². The molecule has 0 spiro atoms. The second-order valence-corrected chi connectivity index (χ2v) is 4.63. The third-order valence-electron chi connectivity index (χ3n) is 2.97. The number of halogens is 1. The molecule has 3 aromatic heterocycles. The Balaban J connectivity index is 0.000000847. The fraction of sp³-hybridized carbons (Fsp3) is 0.125. The Bertz CT molecular complexity index is 683. The van der Waals surface area contributed by atoms with Crippen molar-refractivity contribution in [1.82, 2.24) is 20.2 Å². The predicted octanol–water partition coefficient (Wildman–Crippen LogP) is 3.90. The van der Waals surface area contributed by atoms with E-state index in [0.29, 0.717) is 0 Å². The van der Waals surface area contributed by atoms with Crippen LogP contribution in [-0.2, 0) is 15.1 Å². The van der Waals surface area contributed by atoms with Crippen molar-refractivity contribution in [3.63, 3.8) is 0 Å². The number of hydrogen-bond acceptors (Lipinski definition) is 4. The summed E-state index contributed by atoms with van der Waals surface area (Å²) in [6, 6.07) is 15.6. The Labute approximate surface area is 142 Å². The van der Waals surface area contributed by atoms with Crippen LogP contribution in [0.4, 0.5) is 0 Å². The summed E-state index contributed by atoms with van der Waals surface area (Å²) in [5.41, 5.74) is 5.14. The first-order chi connectivity index (χ1) is 10.7. The van der Waals surface area contributed by atoms with Gasteiger partial charge in [0, 0.05) is 11.4 Å². The van der Waals surface area contributed by atoms with Gasteiger partial charge in [0.15, 0.2) is 0 Å². The summed E-state index contributed by atoms with van der Waals surface area (Å²) < 4.78 is 0. The van der Waals surface area contributed by atoms with Gasteiger partial charge >= 0.3 is 25.2 Å². The predicted molar refractivity (Wildman–Crippen MR) is 83.8 cm³/mol. The molecule has 0 saturated carbocycles. The first-order valence-corrected chi connectivity index (χ1v) is 7.85. The topological polar surface area (TPSA) is 51.6 Å². The van der Waals surface area contributed by atoms with Crippen LogP contribution in [0.2, 0.25) is 0 Å². The Morgan fingerprint density at radius 3 is 1.36 bits per heavy atom. The second-order valence-electron chi connectivity index (χ2n) is 4.63. The molecule has 22 heavy (non-hydrogen) atoms. The van der Waals surface area contributed by atoms with Gasteiger partial charge in [-0.2, -0.15) is 0 Å². The number of hydrogen-bond donors (Lipinski definition) is 0. The third-order valence-corrected chi connectivity index (χ3v) is 2.97. The van der Waals surface area contributed by atoms with Crippen molar-refractivity contribution < 1.29 is 15.1 Å². The Morgan fingerprint density at radius 1 is 0.636 bits per heavy atom. The molecule has 0 bridgehead atoms. The summed E-state index contributed by atoms with van der Waals surface area (Å²) in [5, 5.41) is 8.49. The van der Waals surface area contributed by atoms with Gasteiger partial charge < -0.3 is 0 Å². The average Bonchev–Trinajstić information content (AvgIpc) is 2.57. The number of aromatic nitrogens is 4. The fourth-order valence-electron chi connectivity index (χ4n) is 1.98. The van der Waals surface area contributed by atoms with Gasteiger partial charge in [-0.25, -0.2) is 0 Å². The van der Waals surface area contributed by atoms with Crippen LogP contribution in [0.5, 0.6) is 0 Å². The maximum atomic E-state index is 4.44. The van der Waals surface area contributed by atoms with Crippen molar-refractivity contribution in [2.75, 3.05) is 0 Å². The molecule has 0 amide bonds. The van der Waals surface area contributed by atoms with E-state index < -0.39 is 0 Å². The standard InChI is InChI=1S/C16H14N4.ClH.Cu/c1-11-5-3-7-13(17-11)15-9-10-16(20-19-15)14-8-4-6-12(2)18-14;;/h3-10H,1-2H3;1H;/q;;+1/p-1. The van der Waals surface area contributed by atoms with Crippen LogP contribution in [0, 0.1) is 13.8 Å². The molecule has 0 aromatic carbocycles. The molecule has 3 rings (SSSR count). The molecular weight excluding hydrogens is 347 g/mol. The quantitative estimate of drug-likeness (QED) is 0.650. The molecule has 6 heteroatoms. The first kappa shape index (κ1) is 16.6. The zero-order chi connectivity index (χ0) is 15.9. The zero-order valence-corrected chi connectivity index (χ0v) is 13.8. The minimum absolute atomic E-state index is 0.769. The van der Waals surface area contributed by atoms with Crippen LogP contribution in [0.1, 0.15) is 11.4 Å². The molecule has 0 aliphatic heterocycles. The summed E-state index contributed by atoms with van der Waals surface area (Å²) in [6.07, 6.45) is 0. The average molecular weight is 361 g/mol. The van der Waals surface area contributed by atoms with Crippen molar-refractivity contribution >= 4 is 10.1 Å². The summed E-state index contributed by atoms with van der Waals surface area (Å²) >= 11 is 3.66. The van der Waals surface area contributed by atoms with E-state index in [0.717, 1.165) is 34.2 Å². The van der Waals surface area contributed by atoms with Gasteiger partial charge in [-0.15, -0.1) is 10.2 Å². The van der Waals surface area contributed by atoms with Gasteiger partial charge in [-0.05, 0) is 50.2 Å². The molecule has 116 valence electrons. The molecule has 3 aromatic rings. The van der Waals surface area contributed by atoms with Crippen LogP contribution < -0.4 is 0 Å². The first-order valence-electron chi connectivity index (χ1n) is 6.55. The van der Waals surface area contributed by atoms with Crippen LogP contribution in [0.3, 0.4) is 0 Å². The zero-order valence-electron chi connectivity index (χ0n) is 12.1. The molecule has 0 aliphatic rings. The van der Waals surface area contributed by atoms with Crippen LogP contribution in [0.15, 0.2) is 48.5 Å². The summed E-state index contributed by atoms with van der Waals surface area (Å²) in [7, 11) is 4.20. The second kappa shape index (κ2) is 7.99.